The Bertz CT molecular complexity index is 1340. The van der Waals surface area contributed by atoms with Gasteiger partial charge in [-0.3, -0.25) is 14.4 Å². The first-order chi connectivity index (χ1) is 19.8. The van der Waals surface area contributed by atoms with Crippen molar-refractivity contribution in [3.8, 4) is 11.1 Å². The molecule has 0 spiro atoms. The molecular weight excluding hydrogens is 557 g/mol. The van der Waals surface area contributed by atoms with Crippen LogP contribution >= 0.6 is 0 Å². The Kier molecular flexibility index (Phi) is 13.0. The van der Waals surface area contributed by atoms with Crippen molar-refractivity contribution in [1.29, 1.82) is 0 Å². The molecule has 0 bridgehead atoms. The average molecular weight is 589 g/mol. The van der Waals surface area contributed by atoms with Gasteiger partial charge >= 0.3 is 18.1 Å². The summed E-state index contributed by atoms with van der Waals surface area (Å²) >= 11 is 0. The van der Waals surface area contributed by atoms with Gasteiger partial charge in [-0.05, 0) is 47.7 Å². The van der Waals surface area contributed by atoms with Crippen molar-refractivity contribution in [3.63, 3.8) is 0 Å². The van der Waals surface area contributed by atoms with Crippen LogP contribution in [0.5, 0.6) is 0 Å². The topological polar surface area (TPSA) is 158 Å². The summed E-state index contributed by atoms with van der Waals surface area (Å²) in [4.78, 5) is 49.0. The SMILES string of the molecule is Cc1ccnc(NCCCC(=O)NCC(=O)NC(CC(=O)O)c2ccc(-c3ccccc3)cc2)c1.O=C(O)C(F)(F)F. The zero-order valence-electron chi connectivity index (χ0n) is 22.6. The van der Waals surface area contributed by atoms with Crippen LogP contribution in [0.15, 0.2) is 72.9 Å². The number of pyridine rings is 1. The van der Waals surface area contributed by atoms with Crippen LogP contribution in [0.1, 0.15) is 36.4 Å². The maximum Gasteiger partial charge on any atom is 0.490 e. The molecule has 0 saturated heterocycles. The quantitative estimate of drug-likeness (QED) is 0.196. The average Bonchev–Trinajstić information content (AvgIpc) is 2.94. The number of alkyl halides is 3. The van der Waals surface area contributed by atoms with Crippen LogP contribution in [-0.2, 0) is 19.2 Å². The number of anilines is 1. The van der Waals surface area contributed by atoms with Crippen LogP contribution in [0.3, 0.4) is 0 Å². The second-order valence-corrected chi connectivity index (χ2v) is 9.03. The van der Waals surface area contributed by atoms with E-state index in [9.17, 15) is 32.7 Å². The number of halogens is 3. The van der Waals surface area contributed by atoms with Gasteiger partial charge in [-0.25, -0.2) is 9.78 Å². The van der Waals surface area contributed by atoms with Gasteiger partial charge in [0.05, 0.1) is 19.0 Å². The molecule has 0 saturated carbocycles. The molecule has 13 heteroatoms. The van der Waals surface area contributed by atoms with E-state index in [4.69, 9.17) is 9.90 Å². The minimum absolute atomic E-state index is 0.218. The van der Waals surface area contributed by atoms with Gasteiger partial charge in [0.1, 0.15) is 5.82 Å². The van der Waals surface area contributed by atoms with Crippen LogP contribution in [0.2, 0.25) is 0 Å². The first-order valence-electron chi connectivity index (χ1n) is 12.7. The fourth-order valence-electron chi connectivity index (χ4n) is 3.58. The highest BCUT2D eigenvalue weighted by Gasteiger charge is 2.38. The van der Waals surface area contributed by atoms with Gasteiger partial charge in [0.25, 0.3) is 0 Å². The van der Waals surface area contributed by atoms with Gasteiger partial charge in [0.15, 0.2) is 0 Å². The summed E-state index contributed by atoms with van der Waals surface area (Å²) in [5, 5.41) is 24.9. The number of hydrogen-bond acceptors (Lipinski definition) is 6. The molecule has 5 N–H and O–H groups in total. The lowest BCUT2D eigenvalue weighted by atomic mass is 9.99. The third-order valence-electron chi connectivity index (χ3n) is 5.62. The van der Waals surface area contributed by atoms with E-state index in [1.54, 1.807) is 6.20 Å². The molecule has 0 aliphatic heterocycles. The summed E-state index contributed by atoms with van der Waals surface area (Å²) in [7, 11) is 0. The third kappa shape index (κ3) is 12.5. The van der Waals surface area contributed by atoms with Crippen molar-refractivity contribution in [2.75, 3.05) is 18.4 Å². The molecular formula is C29H31F3N4O6. The molecule has 1 heterocycles. The summed E-state index contributed by atoms with van der Waals surface area (Å²) in [5.74, 6) is -3.72. The summed E-state index contributed by atoms with van der Waals surface area (Å²) in [6.45, 7) is 2.34. The van der Waals surface area contributed by atoms with Gasteiger partial charge in [0.2, 0.25) is 11.8 Å². The summed E-state index contributed by atoms with van der Waals surface area (Å²) < 4.78 is 31.7. The Morgan fingerprint density at radius 3 is 2.10 bits per heavy atom. The van der Waals surface area contributed by atoms with Gasteiger partial charge < -0.3 is 26.2 Å². The molecule has 3 aromatic rings. The number of carbonyl (C=O) groups is 4. The molecule has 1 atom stereocenters. The molecule has 2 amide bonds. The normalized spacial score (nSPS) is 11.3. The maximum atomic E-state index is 12.4. The minimum atomic E-state index is -5.08. The monoisotopic (exact) mass is 588 g/mol. The predicted molar refractivity (Wildman–Crippen MR) is 148 cm³/mol. The molecule has 0 radical (unpaired) electrons. The molecule has 3 rings (SSSR count). The van der Waals surface area contributed by atoms with E-state index < -0.39 is 30.1 Å². The van der Waals surface area contributed by atoms with Crippen molar-refractivity contribution in [1.82, 2.24) is 15.6 Å². The fraction of sp³-hybridized carbons (Fsp3) is 0.276. The zero-order chi connectivity index (χ0) is 31.1. The fourth-order valence-corrected chi connectivity index (χ4v) is 3.58. The van der Waals surface area contributed by atoms with Crippen LogP contribution in [0.25, 0.3) is 11.1 Å². The van der Waals surface area contributed by atoms with Gasteiger partial charge in [-0.2, -0.15) is 13.2 Å². The van der Waals surface area contributed by atoms with Crippen LogP contribution in [-0.4, -0.2) is 58.2 Å². The standard InChI is InChI=1S/C27H30N4O4.C2HF3O2/c1-19-13-15-29-24(16-19)28-14-5-8-25(32)30-18-26(33)31-23(17-27(34)35)22-11-9-21(10-12-22)20-6-3-2-4-7-20;3-2(4,5)1(6)7/h2-4,6-7,9-13,15-16,23H,5,8,14,17-18H2,1H3,(H,28,29)(H,30,32)(H,31,33)(H,34,35);(H,6,7). The molecule has 0 aliphatic rings. The Hall–Kier alpha value is -4.94. The van der Waals surface area contributed by atoms with Crippen molar-refractivity contribution in [2.24, 2.45) is 0 Å². The highest BCUT2D eigenvalue weighted by atomic mass is 19.4. The van der Waals surface area contributed by atoms with Gasteiger partial charge in [-0.1, -0.05) is 54.6 Å². The number of nitrogens with one attached hydrogen (secondary N) is 3. The highest BCUT2D eigenvalue weighted by Crippen LogP contribution is 2.23. The smallest absolute Gasteiger partial charge is 0.481 e. The zero-order valence-corrected chi connectivity index (χ0v) is 22.6. The summed E-state index contributed by atoms with van der Waals surface area (Å²) in [6.07, 6.45) is -2.79. The molecule has 1 unspecified atom stereocenters. The number of nitrogens with zero attached hydrogens (tertiary/aromatic N) is 1. The molecule has 42 heavy (non-hydrogen) atoms. The van der Waals surface area contributed by atoms with E-state index in [2.05, 4.69) is 20.9 Å². The predicted octanol–water partition coefficient (Wildman–Crippen LogP) is 4.33. The lowest BCUT2D eigenvalue weighted by molar-refractivity contribution is -0.192. The number of rotatable bonds is 12. The van der Waals surface area contributed by atoms with Crippen molar-refractivity contribution < 1.29 is 42.6 Å². The van der Waals surface area contributed by atoms with E-state index in [0.717, 1.165) is 22.5 Å². The van der Waals surface area contributed by atoms with Gasteiger partial charge in [0, 0.05) is 19.2 Å². The summed E-state index contributed by atoms with van der Waals surface area (Å²) in [5.41, 5.74) is 3.82. The molecule has 2 aromatic carbocycles. The molecule has 0 aliphatic carbocycles. The lowest BCUT2D eigenvalue weighted by Gasteiger charge is -2.18. The Labute approximate surface area is 240 Å². The van der Waals surface area contributed by atoms with Crippen LogP contribution in [0, 0.1) is 6.92 Å². The third-order valence-corrected chi connectivity index (χ3v) is 5.62. The van der Waals surface area contributed by atoms with E-state index in [0.29, 0.717) is 18.5 Å². The Morgan fingerprint density at radius 2 is 1.52 bits per heavy atom. The number of benzene rings is 2. The first kappa shape index (κ1) is 33.3. The van der Waals surface area contributed by atoms with Crippen LogP contribution in [0.4, 0.5) is 19.0 Å². The number of aliphatic carboxylic acids is 2. The number of aryl methyl sites for hydroxylation is 1. The van der Waals surface area contributed by atoms with E-state index in [-0.39, 0.29) is 25.3 Å². The molecule has 1 aromatic heterocycles. The number of hydrogen-bond donors (Lipinski definition) is 5. The number of carbonyl (C=O) groups excluding carboxylic acids is 2. The molecule has 224 valence electrons. The second kappa shape index (κ2) is 16.4. The largest absolute Gasteiger partial charge is 0.490 e. The van der Waals surface area contributed by atoms with E-state index in [1.165, 1.54) is 0 Å². The van der Waals surface area contributed by atoms with Crippen molar-refractivity contribution in [3.05, 3.63) is 84.1 Å². The molecule has 10 nitrogen and oxygen atoms in total. The molecule has 0 fully saturated rings. The summed E-state index contributed by atoms with van der Waals surface area (Å²) in [6, 6.07) is 20.4. The Morgan fingerprint density at radius 1 is 0.905 bits per heavy atom. The minimum Gasteiger partial charge on any atom is -0.481 e. The maximum absolute atomic E-state index is 12.4. The van der Waals surface area contributed by atoms with Crippen molar-refractivity contribution >= 4 is 29.6 Å². The number of carboxylic acid groups (broad SMARTS) is 2. The Balaban J connectivity index is 0.000000782. The number of amides is 2. The number of carboxylic acids is 2. The lowest BCUT2D eigenvalue weighted by Crippen LogP contribution is -2.39. The second-order valence-electron chi connectivity index (χ2n) is 9.03. The van der Waals surface area contributed by atoms with Gasteiger partial charge in [-0.15, -0.1) is 0 Å². The highest BCUT2D eigenvalue weighted by molar-refractivity contribution is 5.85. The van der Waals surface area contributed by atoms with Crippen LogP contribution < -0.4 is 16.0 Å². The number of aromatic nitrogens is 1. The van der Waals surface area contributed by atoms with E-state index >= 15 is 0 Å². The first-order valence-corrected chi connectivity index (χ1v) is 12.7. The van der Waals surface area contributed by atoms with E-state index in [1.807, 2.05) is 73.7 Å². The van der Waals surface area contributed by atoms with Crippen molar-refractivity contribution in [2.45, 2.75) is 38.4 Å².